The van der Waals surface area contributed by atoms with Crippen LogP contribution in [0.2, 0.25) is 0 Å². The molecule has 1 aromatic heterocycles. The van der Waals surface area contributed by atoms with Crippen molar-refractivity contribution in [2.45, 2.75) is 4.90 Å². The van der Waals surface area contributed by atoms with E-state index < -0.39 is 0 Å². The number of amides is 1. The lowest BCUT2D eigenvalue weighted by Gasteiger charge is -2.18. The first-order valence-electron chi connectivity index (χ1n) is 7.25. The summed E-state index contributed by atoms with van der Waals surface area (Å²) in [5.74, 6) is -0.0133. The van der Waals surface area contributed by atoms with Crippen LogP contribution < -0.4 is 9.62 Å². The van der Waals surface area contributed by atoms with E-state index in [1.165, 1.54) is 0 Å². The van der Waals surface area contributed by atoms with Gasteiger partial charge in [-0.3, -0.25) is 4.79 Å². The predicted octanol–water partition coefficient (Wildman–Crippen LogP) is 5.44. The standard InChI is InChI=1S/C18H15BrN2O2S/c1-21(14-7-3-2-4-8-14)24-15-9-5-6-13(12-15)20-18(22)16-10-11-17(19)23-16/h2-12H,1H3,(H,20,22). The number of halogens is 1. The van der Waals surface area contributed by atoms with Gasteiger partial charge in [0.25, 0.3) is 5.91 Å². The Morgan fingerprint density at radius 2 is 1.88 bits per heavy atom. The van der Waals surface area contributed by atoms with Crippen LogP contribution in [0.4, 0.5) is 11.4 Å². The monoisotopic (exact) mass is 402 g/mol. The molecule has 0 aliphatic carbocycles. The molecule has 6 heteroatoms. The molecule has 24 heavy (non-hydrogen) atoms. The lowest BCUT2D eigenvalue weighted by molar-refractivity contribution is 0.0995. The maximum atomic E-state index is 12.1. The Morgan fingerprint density at radius 3 is 2.58 bits per heavy atom. The average molecular weight is 403 g/mol. The van der Waals surface area contributed by atoms with E-state index in [0.717, 1.165) is 16.3 Å². The minimum Gasteiger partial charge on any atom is -0.444 e. The van der Waals surface area contributed by atoms with Gasteiger partial charge in [-0.05, 0) is 70.3 Å². The molecule has 0 saturated heterocycles. The Hall–Kier alpha value is -2.18. The highest BCUT2D eigenvalue weighted by Gasteiger charge is 2.11. The molecular weight excluding hydrogens is 388 g/mol. The third-order valence-corrected chi connectivity index (χ3v) is 4.63. The normalized spacial score (nSPS) is 10.4. The molecule has 3 rings (SSSR count). The van der Waals surface area contributed by atoms with Crippen molar-refractivity contribution in [3.8, 4) is 0 Å². The van der Waals surface area contributed by atoms with Gasteiger partial charge in [0.2, 0.25) is 0 Å². The van der Waals surface area contributed by atoms with Gasteiger partial charge in [-0.15, -0.1) is 0 Å². The van der Waals surface area contributed by atoms with Gasteiger partial charge in [0.15, 0.2) is 10.4 Å². The first-order valence-corrected chi connectivity index (χ1v) is 8.82. The van der Waals surface area contributed by atoms with E-state index in [1.807, 2.05) is 61.6 Å². The lowest BCUT2D eigenvalue weighted by Crippen LogP contribution is -2.11. The van der Waals surface area contributed by atoms with Gasteiger partial charge in [-0.1, -0.05) is 24.3 Å². The van der Waals surface area contributed by atoms with E-state index in [-0.39, 0.29) is 11.7 Å². The van der Waals surface area contributed by atoms with Crippen molar-refractivity contribution >= 4 is 45.2 Å². The molecular formula is C18H15BrN2O2S. The number of hydrogen-bond acceptors (Lipinski definition) is 4. The fourth-order valence-electron chi connectivity index (χ4n) is 2.11. The lowest BCUT2D eigenvalue weighted by atomic mass is 10.3. The number of furan rings is 1. The van der Waals surface area contributed by atoms with Crippen molar-refractivity contribution < 1.29 is 9.21 Å². The zero-order valence-electron chi connectivity index (χ0n) is 12.9. The second kappa shape index (κ2) is 7.59. The van der Waals surface area contributed by atoms with Crippen LogP contribution in [0.3, 0.4) is 0 Å². The maximum absolute atomic E-state index is 12.1. The Labute approximate surface area is 153 Å². The number of anilines is 2. The van der Waals surface area contributed by atoms with Crippen molar-refractivity contribution in [2.24, 2.45) is 0 Å². The third-order valence-electron chi connectivity index (χ3n) is 3.25. The van der Waals surface area contributed by atoms with E-state index >= 15 is 0 Å². The number of rotatable bonds is 5. The molecule has 4 nitrogen and oxygen atoms in total. The smallest absolute Gasteiger partial charge is 0.291 e. The second-order valence-corrected chi connectivity index (χ2v) is 6.99. The SMILES string of the molecule is CN(Sc1cccc(NC(=O)c2ccc(Br)o2)c1)c1ccccc1. The highest BCUT2D eigenvalue weighted by atomic mass is 79.9. The van der Waals surface area contributed by atoms with E-state index in [4.69, 9.17) is 4.42 Å². The minimum absolute atomic E-state index is 0.265. The van der Waals surface area contributed by atoms with Crippen LogP contribution in [0.1, 0.15) is 10.6 Å². The van der Waals surface area contributed by atoms with Crippen LogP contribution in [-0.2, 0) is 0 Å². The Morgan fingerprint density at radius 1 is 1.08 bits per heavy atom. The molecule has 0 saturated carbocycles. The molecule has 122 valence electrons. The zero-order valence-corrected chi connectivity index (χ0v) is 15.3. The largest absolute Gasteiger partial charge is 0.444 e. The molecule has 0 aliphatic heterocycles. The molecule has 0 aliphatic rings. The summed E-state index contributed by atoms with van der Waals surface area (Å²) in [5, 5.41) is 2.84. The Bertz CT molecular complexity index is 836. The molecule has 0 bridgehead atoms. The molecule has 0 unspecified atom stereocenters. The highest BCUT2D eigenvalue weighted by Crippen LogP contribution is 2.28. The van der Waals surface area contributed by atoms with Crippen molar-refractivity contribution in [3.05, 3.63) is 77.2 Å². The van der Waals surface area contributed by atoms with Crippen LogP contribution in [0.5, 0.6) is 0 Å². The summed E-state index contributed by atoms with van der Waals surface area (Å²) in [6.45, 7) is 0. The van der Waals surface area contributed by atoms with Crippen molar-refractivity contribution in [3.63, 3.8) is 0 Å². The van der Waals surface area contributed by atoms with Gasteiger partial charge >= 0.3 is 0 Å². The van der Waals surface area contributed by atoms with Crippen LogP contribution in [-0.4, -0.2) is 13.0 Å². The van der Waals surface area contributed by atoms with E-state index in [0.29, 0.717) is 4.67 Å². The van der Waals surface area contributed by atoms with Crippen LogP contribution >= 0.6 is 27.9 Å². The first kappa shape index (κ1) is 16.7. The fourth-order valence-corrected chi connectivity index (χ4v) is 3.28. The van der Waals surface area contributed by atoms with Gasteiger partial charge in [-0.25, -0.2) is 0 Å². The number of benzene rings is 2. The van der Waals surface area contributed by atoms with Crippen LogP contribution in [0.25, 0.3) is 0 Å². The molecule has 0 radical (unpaired) electrons. The summed E-state index contributed by atoms with van der Waals surface area (Å²) in [7, 11) is 2.01. The highest BCUT2D eigenvalue weighted by molar-refractivity contribution is 9.10. The number of carbonyl (C=O) groups excluding carboxylic acids is 1. The van der Waals surface area contributed by atoms with Crippen LogP contribution in [0.15, 0.2) is 80.7 Å². The summed E-state index contributed by atoms with van der Waals surface area (Å²) < 4.78 is 7.86. The quantitative estimate of drug-likeness (QED) is 0.577. The van der Waals surface area contributed by atoms with Gasteiger partial charge in [0, 0.05) is 23.3 Å². The predicted molar refractivity (Wildman–Crippen MR) is 102 cm³/mol. The van der Waals surface area contributed by atoms with Crippen molar-refractivity contribution in [1.82, 2.24) is 0 Å². The minimum atomic E-state index is -0.278. The van der Waals surface area contributed by atoms with E-state index in [2.05, 4.69) is 25.6 Å². The third kappa shape index (κ3) is 4.21. The van der Waals surface area contributed by atoms with Crippen LogP contribution in [0, 0.1) is 0 Å². The number of carbonyl (C=O) groups is 1. The summed E-state index contributed by atoms with van der Waals surface area (Å²) >= 11 is 4.78. The summed E-state index contributed by atoms with van der Waals surface area (Å²) in [4.78, 5) is 13.2. The van der Waals surface area contributed by atoms with E-state index in [1.54, 1.807) is 24.1 Å². The second-order valence-electron chi connectivity index (χ2n) is 5.01. The van der Waals surface area contributed by atoms with Gasteiger partial charge in [0.05, 0.1) is 0 Å². The average Bonchev–Trinajstić information content (AvgIpc) is 3.02. The Kier molecular flexibility index (Phi) is 5.27. The van der Waals surface area contributed by atoms with Crippen molar-refractivity contribution in [1.29, 1.82) is 0 Å². The Balaban J connectivity index is 1.69. The summed E-state index contributed by atoms with van der Waals surface area (Å²) in [6, 6.07) is 21.1. The maximum Gasteiger partial charge on any atom is 0.291 e. The van der Waals surface area contributed by atoms with Gasteiger partial charge in [0.1, 0.15) is 0 Å². The summed E-state index contributed by atoms with van der Waals surface area (Å²) in [5.41, 5.74) is 1.83. The number of nitrogens with zero attached hydrogens (tertiary/aromatic N) is 1. The molecule has 1 N–H and O–H groups in total. The molecule has 2 aromatic carbocycles. The number of para-hydroxylation sites is 1. The molecule has 1 heterocycles. The molecule has 3 aromatic rings. The fraction of sp³-hybridized carbons (Fsp3) is 0.0556. The molecule has 0 spiro atoms. The molecule has 1 amide bonds. The number of hydrogen-bond donors (Lipinski definition) is 1. The topological polar surface area (TPSA) is 45.5 Å². The zero-order chi connectivity index (χ0) is 16.9. The van der Waals surface area contributed by atoms with Gasteiger partial charge < -0.3 is 14.0 Å². The van der Waals surface area contributed by atoms with Crippen molar-refractivity contribution in [2.75, 3.05) is 16.7 Å². The first-order chi connectivity index (χ1) is 11.6. The molecule has 0 fully saturated rings. The number of nitrogens with one attached hydrogen (secondary N) is 1. The molecule has 0 atom stereocenters. The van der Waals surface area contributed by atoms with E-state index in [9.17, 15) is 4.79 Å². The van der Waals surface area contributed by atoms with Gasteiger partial charge in [-0.2, -0.15) is 0 Å². The summed E-state index contributed by atoms with van der Waals surface area (Å²) in [6.07, 6.45) is 0.